The Hall–Kier alpha value is -0.640. The number of thiophene rings is 1. The summed E-state index contributed by atoms with van der Waals surface area (Å²) in [6, 6.07) is 13.4. The molecule has 1 aromatic carbocycles. The van der Waals surface area contributed by atoms with Gasteiger partial charge in [0.1, 0.15) is 0 Å². The number of hydrogen-bond acceptors (Lipinski definition) is 2. The molecule has 0 radical (unpaired) electrons. The SMILES string of the molecule is CCCNC(c1cc(Br)c(C)s1)C(C)c1ccccc1. The Labute approximate surface area is 134 Å². The van der Waals surface area contributed by atoms with E-state index in [4.69, 9.17) is 0 Å². The van der Waals surface area contributed by atoms with E-state index in [1.807, 2.05) is 11.3 Å². The molecule has 0 aliphatic carbocycles. The molecular weight excluding hydrogens is 330 g/mol. The van der Waals surface area contributed by atoms with Crippen LogP contribution in [0, 0.1) is 6.92 Å². The van der Waals surface area contributed by atoms with Crippen LogP contribution in [0.1, 0.15) is 47.5 Å². The standard InChI is InChI=1S/C17H22BrNS/c1-4-10-19-17(16-11-15(18)13(3)20-16)12(2)14-8-6-5-7-9-14/h5-9,11-12,17,19H,4,10H2,1-3H3. The highest BCUT2D eigenvalue weighted by Crippen LogP contribution is 2.37. The van der Waals surface area contributed by atoms with Gasteiger partial charge in [-0.15, -0.1) is 11.3 Å². The molecule has 3 heteroatoms. The molecule has 0 amide bonds. The van der Waals surface area contributed by atoms with Gasteiger partial charge in [-0.05, 0) is 47.4 Å². The van der Waals surface area contributed by atoms with Crippen molar-refractivity contribution in [3.63, 3.8) is 0 Å². The monoisotopic (exact) mass is 351 g/mol. The van der Waals surface area contributed by atoms with Crippen LogP contribution in [0.3, 0.4) is 0 Å². The molecule has 0 saturated carbocycles. The minimum absolute atomic E-state index is 0.382. The lowest BCUT2D eigenvalue weighted by Crippen LogP contribution is -2.26. The first-order valence-corrected chi connectivity index (χ1v) is 8.78. The van der Waals surface area contributed by atoms with E-state index >= 15 is 0 Å². The van der Waals surface area contributed by atoms with Gasteiger partial charge >= 0.3 is 0 Å². The maximum Gasteiger partial charge on any atom is 0.0482 e. The quantitative estimate of drug-likeness (QED) is 0.707. The van der Waals surface area contributed by atoms with Gasteiger partial charge in [0.2, 0.25) is 0 Å². The Morgan fingerprint density at radius 2 is 1.95 bits per heavy atom. The Morgan fingerprint density at radius 1 is 1.25 bits per heavy atom. The smallest absolute Gasteiger partial charge is 0.0482 e. The summed E-state index contributed by atoms with van der Waals surface area (Å²) < 4.78 is 1.22. The molecule has 0 saturated heterocycles. The molecule has 0 bridgehead atoms. The minimum atomic E-state index is 0.382. The van der Waals surface area contributed by atoms with Crippen LogP contribution >= 0.6 is 27.3 Å². The summed E-state index contributed by atoms with van der Waals surface area (Å²) in [5.41, 5.74) is 1.39. The first kappa shape index (κ1) is 15.7. The Balaban J connectivity index is 2.27. The number of halogens is 1. The zero-order valence-corrected chi connectivity index (χ0v) is 14.7. The van der Waals surface area contributed by atoms with Crippen LogP contribution in [0.25, 0.3) is 0 Å². The van der Waals surface area contributed by atoms with Crippen LogP contribution in [0.15, 0.2) is 40.9 Å². The van der Waals surface area contributed by atoms with Crippen molar-refractivity contribution in [2.45, 2.75) is 39.2 Å². The zero-order chi connectivity index (χ0) is 14.5. The maximum atomic E-state index is 3.71. The number of nitrogens with one attached hydrogen (secondary N) is 1. The van der Waals surface area contributed by atoms with E-state index in [9.17, 15) is 0 Å². The highest BCUT2D eigenvalue weighted by molar-refractivity contribution is 9.10. The van der Waals surface area contributed by atoms with Gasteiger partial charge in [0.25, 0.3) is 0 Å². The van der Waals surface area contributed by atoms with Gasteiger partial charge < -0.3 is 5.32 Å². The molecule has 20 heavy (non-hydrogen) atoms. The Kier molecular flexibility index (Phi) is 5.82. The molecule has 0 spiro atoms. The summed E-state index contributed by atoms with van der Waals surface area (Å²) in [5, 5.41) is 3.71. The van der Waals surface area contributed by atoms with Gasteiger partial charge in [0, 0.05) is 26.2 Å². The molecule has 1 aromatic heterocycles. The van der Waals surface area contributed by atoms with Gasteiger partial charge in [-0.25, -0.2) is 0 Å². The lowest BCUT2D eigenvalue weighted by atomic mass is 9.92. The van der Waals surface area contributed by atoms with E-state index in [2.05, 4.69) is 78.4 Å². The van der Waals surface area contributed by atoms with Crippen LogP contribution < -0.4 is 5.32 Å². The van der Waals surface area contributed by atoms with Gasteiger partial charge in [-0.1, -0.05) is 44.2 Å². The largest absolute Gasteiger partial charge is 0.309 e. The fraction of sp³-hybridized carbons (Fsp3) is 0.412. The second-order valence-corrected chi connectivity index (χ2v) is 7.33. The van der Waals surface area contributed by atoms with Gasteiger partial charge in [0.05, 0.1) is 0 Å². The molecule has 2 unspecified atom stereocenters. The third-order valence-corrected chi connectivity index (χ3v) is 5.84. The molecule has 1 nitrogen and oxygen atoms in total. The predicted molar refractivity (Wildman–Crippen MR) is 92.6 cm³/mol. The van der Waals surface area contributed by atoms with Crippen molar-refractivity contribution in [1.82, 2.24) is 5.32 Å². The van der Waals surface area contributed by atoms with Crippen LogP contribution in [0.2, 0.25) is 0 Å². The number of hydrogen-bond donors (Lipinski definition) is 1. The molecule has 1 N–H and O–H groups in total. The van der Waals surface area contributed by atoms with E-state index in [0.29, 0.717) is 12.0 Å². The molecule has 0 aliphatic rings. The summed E-state index contributed by atoms with van der Waals surface area (Å²) in [4.78, 5) is 2.77. The lowest BCUT2D eigenvalue weighted by Gasteiger charge is -2.24. The van der Waals surface area contributed by atoms with E-state index < -0.39 is 0 Å². The number of benzene rings is 1. The van der Waals surface area contributed by atoms with E-state index in [1.165, 1.54) is 19.8 Å². The summed E-state index contributed by atoms with van der Waals surface area (Å²) in [6.07, 6.45) is 1.16. The third kappa shape index (κ3) is 3.72. The molecule has 0 fully saturated rings. The Morgan fingerprint density at radius 3 is 2.50 bits per heavy atom. The lowest BCUT2D eigenvalue weighted by molar-refractivity contribution is 0.473. The van der Waals surface area contributed by atoms with Gasteiger partial charge in [-0.2, -0.15) is 0 Å². The predicted octanol–water partition coefficient (Wildman–Crippen LogP) is 5.66. The first-order chi connectivity index (χ1) is 9.63. The number of rotatable bonds is 6. The summed E-state index contributed by atoms with van der Waals surface area (Å²) in [6.45, 7) is 7.75. The number of aryl methyl sites for hydroxylation is 1. The molecule has 2 atom stereocenters. The minimum Gasteiger partial charge on any atom is -0.309 e. The zero-order valence-electron chi connectivity index (χ0n) is 12.3. The van der Waals surface area contributed by atoms with Crippen molar-refractivity contribution in [2.75, 3.05) is 6.54 Å². The maximum absolute atomic E-state index is 3.71. The van der Waals surface area contributed by atoms with Crippen molar-refractivity contribution in [3.05, 3.63) is 56.2 Å². The van der Waals surface area contributed by atoms with Crippen LogP contribution in [0.4, 0.5) is 0 Å². The second-order valence-electron chi connectivity index (χ2n) is 5.18. The molecule has 2 rings (SSSR count). The van der Waals surface area contributed by atoms with Crippen LogP contribution in [-0.2, 0) is 0 Å². The summed E-state index contributed by atoms with van der Waals surface area (Å²) >= 11 is 5.53. The third-order valence-electron chi connectivity index (χ3n) is 3.62. The molecule has 1 heterocycles. The highest BCUT2D eigenvalue weighted by atomic mass is 79.9. The Bertz CT molecular complexity index is 516. The van der Waals surface area contributed by atoms with Gasteiger partial charge in [-0.3, -0.25) is 0 Å². The van der Waals surface area contributed by atoms with Crippen molar-refractivity contribution >= 4 is 27.3 Å². The summed E-state index contributed by atoms with van der Waals surface area (Å²) in [5.74, 6) is 0.465. The topological polar surface area (TPSA) is 12.0 Å². The van der Waals surface area contributed by atoms with Crippen molar-refractivity contribution in [2.24, 2.45) is 0 Å². The normalized spacial score (nSPS) is 14.2. The summed E-state index contributed by atoms with van der Waals surface area (Å²) in [7, 11) is 0. The van der Waals surface area contributed by atoms with Crippen molar-refractivity contribution in [3.8, 4) is 0 Å². The average molecular weight is 352 g/mol. The van der Waals surface area contributed by atoms with Crippen LogP contribution in [-0.4, -0.2) is 6.54 Å². The van der Waals surface area contributed by atoms with Crippen LogP contribution in [0.5, 0.6) is 0 Å². The van der Waals surface area contributed by atoms with E-state index in [0.717, 1.165) is 13.0 Å². The van der Waals surface area contributed by atoms with E-state index in [1.54, 1.807) is 0 Å². The molecule has 2 aromatic rings. The molecule has 0 aliphatic heterocycles. The van der Waals surface area contributed by atoms with Gasteiger partial charge in [0.15, 0.2) is 0 Å². The van der Waals surface area contributed by atoms with E-state index in [-0.39, 0.29) is 0 Å². The second kappa shape index (κ2) is 7.39. The molecular formula is C17H22BrNS. The first-order valence-electron chi connectivity index (χ1n) is 7.17. The van der Waals surface area contributed by atoms with Crippen molar-refractivity contribution in [1.29, 1.82) is 0 Å². The fourth-order valence-electron chi connectivity index (χ4n) is 2.41. The average Bonchev–Trinajstić information content (AvgIpc) is 2.79. The fourth-order valence-corrected chi connectivity index (χ4v) is 4.15. The highest BCUT2D eigenvalue weighted by Gasteiger charge is 2.22. The molecule has 108 valence electrons. The van der Waals surface area contributed by atoms with Crippen molar-refractivity contribution < 1.29 is 0 Å².